The highest BCUT2D eigenvalue weighted by atomic mass is 32.1. The Labute approximate surface area is 214 Å². The molecule has 0 aliphatic carbocycles. The molecule has 0 radical (unpaired) electrons. The Morgan fingerprint density at radius 3 is 2.22 bits per heavy atom. The third-order valence-corrected chi connectivity index (χ3v) is 8.11. The first-order chi connectivity index (χ1) is 17.7. The SMILES string of the molecule is Cc1ccsc1C1c2c(C)nn(-c3ccccc3)c2N=C2N(Cc3ccccc3)c3ccccc3N21. The van der Waals surface area contributed by atoms with Crippen LogP contribution in [0.2, 0.25) is 0 Å². The third kappa shape index (κ3) is 3.14. The van der Waals surface area contributed by atoms with E-state index in [4.69, 9.17) is 10.1 Å². The molecule has 176 valence electrons. The Bertz CT molecular complexity index is 1600. The molecule has 0 bridgehead atoms. The van der Waals surface area contributed by atoms with Crippen LogP contribution in [0.15, 0.2) is 101 Å². The van der Waals surface area contributed by atoms with Gasteiger partial charge in [0.15, 0.2) is 5.82 Å². The summed E-state index contributed by atoms with van der Waals surface area (Å²) in [6, 6.07) is 31.8. The van der Waals surface area contributed by atoms with Gasteiger partial charge in [-0.25, -0.2) is 4.68 Å². The maximum absolute atomic E-state index is 5.36. The first kappa shape index (κ1) is 21.1. The minimum absolute atomic E-state index is 0.00638. The summed E-state index contributed by atoms with van der Waals surface area (Å²) in [5, 5.41) is 7.20. The lowest BCUT2D eigenvalue weighted by Crippen LogP contribution is -2.42. The first-order valence-corrected chi connectivity index (χ1v) is 13.1. The maximum Gasteiger partial charge on any atom is 0.213 e. The monoisotopic (exact) mass is 487 g/mol. The molecule has 0 saturated carbocycles. The zero-order valence-corrected chi connectivity index (χ0v) is 21.0. The van der Waals surface area contributed by atoms with Gasteiger partial charge in [-0.2, -0.15) is 10.1 Å². The Morgan fingerprint density at radius 2 is 1.50 bits per heavy atom. The summed E-state index contributed by atoms with van der Waals surface area (Å²) < 4.78 is 2.01. The highest BCUT2D eigenvalue weighted by Crippen LogP contribution is 2.52. The van der Waals surface area contributed by atoms with Crippen molar-refractivity contribution < 1.29 is 0 Å². The zero-order valence-electron chi connectivity index (χ0n) is 20.2. The fourth-order valence-corrected chi connectivity index (χ4v) is 6.40. The number of thiophene rings is 1. The van der Waals surface area contributed by atoms with E-state index in [1.807, 2.05) is 22.1 Å². The average molecular weight is 488 g/mol. The molecule has 2 aliphatic rings. The molecule has 2 aromatic heterocycles. The van der Waals surface area contributed by atoms with Gasteiger partial charge in [0.2, 0.25) is 5.96 Å². The van der Waals surface area contributed by atoms with E-state index >= 15 is 0 Å². The number of anilines is 2. The van der Waals surface area contributed by atoms with Crippen LogP contribution in [0.1, 0.15) is 33.3 Å². The fourth-order valence-electron chi connectivity index (χ4n) is 5.37. The van der Waals surface area contributed by atoms with Crippen LogP contribution in [-0.2, 0) is 6.54 Å². The van der Waals surface area contributed by atoms with Crippen molar-refractivity contribution in [1.29, 1.82) is 0 Å². The number of benzene rings is 3. The van der Waals surface area contributed by atoms with E-state index < -0.39 is 0 Å². The Hall–Kier alpha value is -4.16. The second kappa shape index (κ2) is 8.21. The third-order valence-electron chi connectivity index (χ3n) is 7.04. The second-order valence-electron chi connectivity index (χ2n) is 9.28. The molecule has 0 fully saturated rings. The molecule has 6 heteroatoms. The van der Waals surface area contributed by atoms with Crippen LogP contribution in [0, 0.1) is 13.8 Å². The van der Waals surface area contributed by atoms with Gasteiger partial charge in [-0.3, -0.25) is 4.90 Å². The summed E-state index contributed by atoms with van der Waals surface area (Å²) >= 11 is 1.81. The van der Waals surface area contributed by atoms with Crippen molar-refractivity contribution in [3.8, 4) is 5.69 Å². The molecule has 1 unspecified atom stereocenters. The molecule has 5 nitrogen and oxygen atoms in total. The summed E-state index contributed by atoms with van der Waals surface area (Å²) in [5.41, 5.74) is 8.11. The van der Waals surface area contributed by atoms with Gasteiger partial charge < -0.3 is 4.90 Å². The van der Waals surface area contributed by atoms with E-state index in [1.165, 1.54) is 32.9 Å². The number of guanidine groups is 1. The van der Waals surface area contributed by atoms with Crippen LogP contribution in [0.3, 0.4) is 0 Å². The van der Waals surface area contributed by atoms with E-state index in [9.17, 15) is 0 Å². The van der Waals surface area contributed by atoms with Crippen LogP contribution in [0.4, 0.5) is 17.2 Å². The number of rotatable bonds is 4. The molecule has 0 N–H and O–H groups in total. The van der Waals surface area contributed by atoms with Crippen LogP contribution in [0.25, 0.3) is 5.69 Å². The van der Waals surface area contributed by atoms with E-state index in [0.29, 0.717) is 0 Å². The number of hydrogen-bond donors (Lipinski definition) is 0. The van der Waals surface area contributed by atoms with E-state index in [-0.39, 0.29) is 6.04 Å². The van der Waals surface area contributed by atoms with Crippen molar-refractivity contribution in [2.75, 3.05) is 9.80 Å². The lowest BCUT2D eigenvalue weighted by molar-refractivity contribution is 0.820. The van der Waals surface area contributed by atoms with E-state index in [2.05, 4.69) is 114 Å². The van der Waals surface area contributed by atoms with Crippen molar-refractivity contribution in [2.45, 2.75) is 26.4 Å². The van der Waals surface area contributed by atoms with Gasteiger partial charge in [0.1, 0.15) is 6.04 Å². The smallest absolute Gasteiger partial charge is 0.213 e. The normalized spacial score (nSPS) is 15.9. The predicted molar refractivity (Wildman–Crippen MR) is 148 cm³/mol. The number of para-hydroxylation sites is 3. The van der Waals surface area contributed by atoms with Gasteiger partial charge in [0.25, 0.3) is 0 Å². The van der Waals surface area contributed by atoms with Gasteiger partial charge in [0.05, 0.1) is 29.3 Å². The number of hydrogen-bond acceptors (Lipinski definition) is 5. The largest absolute Gasteiger partial charge is 0.305 e. The van der Waals surface area contributed by atoms with Crippen LogP contribution in [-0.4, -0.2) is 15.7 Å². The van der Waals surface area contributed by atoms with Crippen molar-refractivity contribution in [3.63, 3.8) is 0 Å². The Kier molecular flexibility index (Phi) is 4.82. The molecule has 0 spiro atoms. The predicted octanol–water partition coefficient (Wildman–Crippen LogP) is 7.17. The Balaban J connectivity index is 1.49. The standard InChI is InChI=1S/C30H25N5S/c1-20-17-18-36-28(20)27-26-21(2)32-35(23-13-7-4-8-14-23)29(26)31-30-33(19-22-11-5-3-6-12-22)24-15-9-10-16-25(24)34(27)30/h3-18,27H,19H2,1-2H3. The van der Waals surface area contributed by atoms with Gasteiger partial charge in [-0.1, -0.05) is 60.7 Å². The summed E-state index contributed by atoms with van der Waals surface area (Å²) in [6.45, 7) is 5.06. The average Bonchev–Trinajstić information content (AvgIpc) is 3.59. The summed E-state index contributed by atoms with van der Waals surface area (Å²) in [4.78, 5) is 11.5. The molecular weight excluding hydrogens is 462 g/mol. The molecule has 3 aromatic carbocycles. The Morgan fingerprint density at radius 1 is 0.806 bits per heavy atom. The fraction of sp³-hybridized carbons (Fsp3) is 0.133. The first-order valence-electron chi connectivity index (χ1n) is 12.2. The minimum Gasteiger partial charge on any atom is -0.305 e. The molecular formula is C30H25N5S. The zero-order chi connectivity index (χ0) is 24.2. The lowest BCUT2D eigenvalue weighted by Gasteiger charge is -2.34. The van der Waals surface area contributed by atoms with Gasteiger partial charge in [-0.15, -0.1) is 11.3 Å². The molecule has 4 heterocycles. The molecule has 0 saturated heterocycles. The van der Waals surface area contributed by atoms with Crippen molar-refractivity contribution in [3.05, 3.63) is 124 Å². The molecule has 2 aliphatic heterocycles. The van der Waals surface area contributed by atoms with E-state index in [0.717, 1.165) is 29.7 Å². The number of fused-ring (bicyclic) bond motifs is 4. The molecule has 1 atom stereocenters. The van der Waals surface area contributed by atoms with Gasteiger partial charge in [-0.05, 0) is 60.7 Å². The second-order valence-corrected chi connectivity index (χ2v) is 10.2. The highest BCUT2D eigenvalue weighted by molar-refractivity contribution is 7.10. The minimum atomic E-state index is 0.00638. The topological polar surface area (TPSA) is 36.7 Å². The van der Waals surface area contributed by atoms with E-state index in [1.54, 1.807) is 0 Å². The number of aliphatic imine (C=N–C) groups is 1. The molecule has 7 rings (SSSR count). The van der Waals surface area contributed by atoms with Gasteiger partial charge >= 0.3 is 0 Å². The summed E-state index contributed by atoms with van der Waals surface area (Å²) in [6.07, 6.45) is 0. The van der Waals surface area contributed by atoms with Crippen molar-refractivity contribution in [2.24, 2.45) is 4.99 Å². The molecule has 5 aromatic rings. The molecule has 36 heavy (non-hydrogen) atoms. The summed E-state index contributed by atoms with van der Waals surface area (Å²) in [5.74, 6) is 1.86. The maximum atomic E-state index is 5.36. The van der Waals surface area contributed by atoms with Crippen LogP contribution < -0.4 is 9.80 Å². The van der Waals surface area contributed by atoms with Crippen molar-refractivity contribution >= 4 is 34.5 Å². The van der Waals surface area contributed by atoms with Crippen LogP contribution in [0.5, 0.6) is 0 Å². The summed E-state index contributed by atoms with van der Waals surface area (Å²) in [7, 11) is 0. The lowest BCUT2D eigenvalue weighted by atomic mass is 9.99. The number of nitrogens with zero attached hydrogens (tertiary/aromatic N) is 5. The quantitative estimate of drug-likeness (QED) is 0.270. The molecule has 0 amide bonds. The number of aryl methyl sites for hydroxylation is 2. The number of aromatic nitrogens is 2. The van der Waals surface area contributed by atoms with Crippen LogP contribution >= 0.6 is 11.3 Å². The van der Waals surface area contributed by atoms with Gasteiger partial charge in [0, 0.05) is 10.4 Å². The highest BCUT2D eigenvalue weighted by Gasteiger charge is 2.45. The van der Waals surface area contributed by atoms with Crippen molar-refractivity contribution in [1.82, 2.24) is 9.78 Å².